The Morgan fingerprint density at radius 3 is 2.69 bits per heavy atom. The number of fused-ring (bicyclic) bond motifs is 1. The van der Waals surface area contributed by atoms with Gasteiger partial charge in [0.25, 0.3) is 0 Å². The molecular weight excluding hydrogens is 466 g/mol. The number of aryl methyl sites for hydroxylation is 1. The third-order valence-corrected chi connectivity index (χ3v) is 7.50. The highest BCUT2D eigenvalue weighted by Crippen LogP contribution is 2.45. The molecule has 3 heterocycles. The maximum atomic E-state index is 13.4. The lowest BCUT2D eigenvalue weighted by Crippen LogP contribution is -2.44. The van der Waals surface area contributed by atoms with E-state index in [1.54, 1.807) is 11.8 Å². The molecule has 0 aromatic heterocycles. The zero-order valence-electron chi connectivity index (χ0n) is 20.6. The largest absolute Gasteiger partial charge is 0.466 e. The van der Waals surface area contributed by atoms with E-state index in [1.165, 1.54) is 18.9 Å². The van der Waals surface area contributed by atoms with E-state index in [-0.39, 0.29) is 24.2 Å². The molecule has 186 valence electrons. The van der Waals surface area contributed by atoms with Crippen LogP contribution in [0.5, 0.6) is 0 Å². The number of amides is 1. The van der Waals surface area contributed by atoms with Gasteiger partial charge in [0.15, 0.2) is 5.17 Å². The van der Waals surface area contributed by atoms with E-state index < -0.39 is 12.0 Å². The molecule has 0 radical (unpaired) electrons. The fourth-order valence-corrected chi connectivity index (χ4v) is 5.82. The number of benzene rings is 1. The molecule has 9 heteroatoms. The standard InChI is InChI=1S/C26H31N3O5S/c1-5-34-24(31)18-10-8-12-28(14-18)21(30)13-19-15-35-26-27-17(3)22(25(32)33-4)23(29(19)26)20-11-7-6-9-16(20)2/h6-7,9,11,15,18,23H,5,8,10,12-14H2,1-4H3/t18-,23-/m0/s1. The molecule has 0 unspecified atom stereocenters. The summed E-state index contributed by atoms with van der Waals surface area (Å²) in [6.07, 6.45) is 1.64. The van der Waals surface area contributed by atoms with Gasteiger partial charge in [-0.1, -0.05) is 36.0 Å². The summed E-state index contributed by atoms with van der Waals surface area (Å²) in [6.45, 7) is 6.92. The Labute approximate surface area is 210 Å². The molecule has 2 atom stereocenters. The highest BCUT2D eigenvalue weighted by atomic mass is 32.2. The summed E-state index contributed by atoms with van der Waals surface area (Å²) in [4.78, 5) is 46.9. The second-order valence-electron chi connectivity index (χ2n) is 8.85. The number of carbonyl (C=O) groups is 3. The van der Waals surface area contributed by atoms with E-state index >= 15 is 0 Å². The van der Waals surface area contributed by atoms with E-state index in [0.717, 1.165) is 34.8 Å². The molecule has 0 bridgehead atoms. The van der Waals surface area contributed by atoms with Crippen molar-refractivity contribution in [1.82, 2.24) is 9.80 Å². The summed E-state index contributed by atoms with van der Waals surface area (Å²) in [7, 11) is 1.37. The Kier molecular flexibility index (Phi) is 7.64. The highest BCUT2D eigenvalue weighted by Gasteiger charge is 2.42. The SMILES string of the molecule is CCOC(=O)[C@H]1CCCN(C(=O)CC2=CSC3=NC(C)=C(C(=O)OC)[C@H](c4ccccc4C)N23)C1. The van der Waals surface area contributed by atoms with Gasteiger partial charge < -0.3 is 19.3 Å². The van der Waals surface area contributed by atoms with E-state index in [2.05, 4.69) is 4.99 Å². The number of thioether (sulfide) groups is 1. The van der Waals surface area contributed by atoms with Crippen molar-refractivity contribution in [3.8, 4) is 0 Å². The lowest BCUT2D eigenvalue weighted by Gasteiger charge is -2.37. The molecule has 4 rings (SSSR count). The number of rotatable bonds is 6. The number of aliphatic imine (C=N–C) groups is 1. The summed E-state index contributed by atoms with van der Waals surface area (Å²) in [5.74, 6) is -1.02. The van der Waals surface area contributed by atoms with Crippen LogP contribution in [0.15, 0.2) is 51.6 Å². The van der Waals surface area contributed by atoms with Gasteiger partial charge in [0, 0.05) is 18.8 Å². The average molecular weight is 498 g/mol. The summed E-state index contributed by atoms with van der Waals surface area (Å²) in [6, 6.07) is 7.46. The number of piperidine rings is 1. The van der Waals surface area contributed by atoms with Gasteiger partial charge in [0.1, 0.15) is 0 Å². The van der Waals surface area contributed by atoms with E-state index in [4.69, 9.17) is 9.47 Å². The zero-order valence-corrected chi connectivity index (χ0v) is 21.4. The van der Waals surface area contributed by atoms with Crippen molar-refractivity contribution in [2.24, 2.45) is 10.9 Å². The lowest BCUT2D eigenvalue weighted by molar-refractivity contribution is -0.151. The zero-order chi connectivity index (χ0) is 25.1. The maximum Gasteiger partial charge on any atom is 0.338 e. The molecule has 1 amide bonds. The first-order valence-corrected chi connectivity index (χ1v) is 12.8. The first-order valence-electron chi connectivity index (χ1n) is 11.9. The van der Waals surface area contributed by atoms with Crippen LogP contribution in [0.2, 0.25) is 0 Å². The number of carbonyl (C=O) groups excluding carboxylic acids is 3. The van der Waals surface area contributed by atoms with Crippen LogP contribution >= 0.6 is 11.8 Å². The average Bonchev–Trinajstić information content (AvgIpc) is 3.25. The Hall–Kier alpha value is -3.07. The van der Waals surface area contributed by atoms with Crippen LogP contribution in [0.25, 0.3) is 0 Å². The molecule has 1 saturated heterocycles. The minimum atomic E-state index is -0.446. The number of esters is 2. The number of nitrogens with zero attached hydrogens (tertiary/aromatic N) is 3. The van der Waals surface area contributed by atoms with Crippen molar-refractivity contribution < 1.29 is 23.9 Å². The third kappa shape index (κ3) is 5.00. The van der Waals surface area contributed by atoms with Crippen LogP contribution < -0.4 is 0 Å². The van der Waals surface area contributed by atoms with Crippen molar-refractivity contribution in [1.29, 1.82) is 0 Å². The van der Waals surface area contributed by atoms with Crippen LogP contribution in [-0.4, -0.2) is 59.6 Å². The van der Waals surface area contributed by atoms with Crippen molar-refractivity contribution in [3.63, 3.8) is 0 Å². The van der Waals surface area contributed by atoms with Crippen LogP contribution in [0.3, 0.4) is 0 Å². The number of ether oxygens (including phenoxy) is 2. The third-order valence-electron chi connectivity index (χ3n) is 6.62. The molecule has 1 fully saturated rings. The van der Waals surface area contributed by atoms with Gasteiger partial charge >= 0.3 is 11.9 Å². The number of hydrogen-bond acceptors (Lipinski definition) is 8. The fourth-order valence-electron chi connectivity index (χ4n) is 4.85. The summed E-state index contributed by atoms with van der Waals surface area (Å²) in [5.41, 5.74) is 3.84. The number of methoxy groups -OCH3 is 1. The first kappa shape index (κ1) is 25.0. The number of amidine groups is 1. The van der Waals surface area contributed by atoms with Crippen LogP contribution in [0, 0.1) is 12.8 Å². The highest BCUT2D eigenvalue weighted by molar-refractivity contribution is 8.16. The van der Waals surface area contributed by atoms with Crippen molar-refractivity contribution in [2.45, 2.75) is 46.1 Å². The molecule has 3 aliphatic heterocycles. The van der Waals surface area contributed by atoms with Crippen LogP contribution in [0.1, 0.15) is 50.3 Å². The monoisotopic (exact) mass is 497 g/mol. The van der Waals surface area contributed by atoms with E-state index in [9.17, 15) is 14.4 Å². The Morgan fingerprint density at radius 1 is 1.20 bits per heavy atom. The number of allylic oxidation sites excluding steroid dienone is 1. The van der Waals surface area contributed by atoms with Crippen LogP contribution in [-0.2, 0) is 23.9 Å². The molecule has 0 N–H and O–H groups in total. The Balaban J connectivity index is 1.61. The van der Waals surface area contributed by atoms with E-state index in [1.807, 2.05) is 48.4 Å². The van der Waals surface area contributed by atoms with Crippen LogP contribution in [0.4, 0.5) is 0 Å². The molecule has 1 aromatic carbocycles. The molecular formula is C26H31N3O5S. The molecule has 3 aliphatic rings. The molecule has 35 heavy (non-hydrogen) atoms. The Morgan fingerprint density at radius 2 is 1.97 bits per heavy atom. The quantitative estimate of drug-likeness (QED) is 0.550. The molecule has 0 aliphatic carbocycles. The van der Waals surface area contributed by atoms with Gasteiger partial charge in [0.2, 0.25) is 5.91 Å². The van der Waals surface area contributed by atoms with Crippen molar-refractivity contribution in [2.75, 3.05) is 26.8 Å². The number of likely N-dealkylation sites (tertiary alicyclic amines) is 1. The minimum Gasteiger partial charge on any atom is -0.466 e. The maximum absolute atomic E-state index is 13.4. The normalized spacial score (nSPS) is 21.8. The molecule has 0 saturated carbocycles. The number of hydrogen-bond donors (Lipinski definition) is 0. The second kappa shape index (κ2) is 10.7. The summed E-state index contributed by atoms with van der Waals surface area (Å²) >= 11 is 1.45. The van der Waals surface area contributed by atoms with Gasteiger partial charge in [-0.25, -0.2) is 9.79 Å². The predicted octanol–water partition coefficient (Wildman–Crippen LogP) is 3.93. The fraction of sp³-hybridized carbons (Fsp3) is 0.462. The summed E-state index contributed by atoms with van der Waals surface area (Å²) < 4.78 is 10.3. The lowest BCUT2D eigenvalue weighted by atomic mass is 9.91. The first-order chi connectivity index (χ1) is 16.8. The smallest absolute Gasteiger partial charge is 0.338 e. The van der Waals surface area contributed by atoms with Gasteiger partial charge in [-0.05, 0) is 50.1 Å². The van der Waals surface area contributed by atoms with Crippen molar-refractivity contribution >= 4 is 34.8 Å². The Bertz CT molecular complexity index is 1130. The predicted molar refractivity (Wildman–Crippen MR) is 134 cm³/mol. The molecule has 8 nitrogen and oxygen atoms in total. The second-order valence-corrected chi connectivity index (χ2v) is 9.69. The summed E-state index contributed by atoms with van der Waals surface area (Å²) in [5, 5.41) is 2.66. The van der Waals surface area contributed by atoms with E-state index in [0.29, 0.717) is 31.0 Å². The molecule has 0 spiro atoms. The van der Waals surface area contributed by atoms with Gasteiger partial charge in [0.05, 0.1) is 43.4 Å². The van der Waals surface area contributed by atoms with Gasteiger partial charge in [-0.15, -0.1) is 0 Å². The minimum absolute atomic E-state index is 0.0541. The van der Waals surface area contributed by atoms with Crippen molar-refractivity contribution in [3.05, 3.63) is 57.8 Å². The molecule has 1 aromatic rings. The van der Waals surface area contributed by atoms with Gasteiger partial charge in [-0.2, -0.15) is 0 Å². The van der Waals surface area contributed by atoms with Gasteiger partial charge in [-0.3, -0.25) is 9.59 Å². The topological polar surface area (TPSA) is 88.5 Å².